The van der Waals surface area contributed by atoms with Gasteiger partial charge in [-0.1, -0.05) is 60.4 Å². The highest BCUT2D eigenvalue weighted by molar-refractivity contribution is 5.91. The molecule has 4 aromatic rings. The van der Waals surface area contributed by atoms with Gasteiger partial charge < -0.3 is 4.74 Å². The van der Waals surface area contributed by atoms with E-state index >= 15 is 0 Å². The van der Waals surface area contributed by atoms with Gasteiger partial charge in [0.1, 0.15) is 5.75 Å². The number of hydrogen-bond acceptors (Lipinski definition) is 3. The third-order valence-corrected chi connectivity index (χ3v) is 4.46. The molecule has 0 radical (unpaired) electrons. The van der Waals surface area contributed by atoms with E-state index in [0.29, 0.717) is 11.3 Å². The Morgan fingerprint density at radius 2 is 1.23 bits per heavy atom. The van der Waals surface area contributed by atoms with E-state index in [2.05, 4.69) is 16.8 Å². The monoisotopic (exact) mass is 401 g/mol. The molecule has 0 aliphatic heterocycles. The molecule has 0 bridgehead atoms. The Balaban J connectivity index is 1.37. The summed E-state index contributed by atoms with van der Waals surface area (Å²) in [6.45, 7) is 0. The molecule has 4 aromatic carbocycles. The number of para-hydroxylation sites is 1. The summed E-state index contributed by atoms with van der Waals surface area (Å²) in [5, 5.41) is 0. The second kappa shape index (κ2) is 9.87. The molecule has 31 heavy (non-hydrogen) atoms. The zero-order chi connectivity index (χ0) is 21.3. The van der Waals surface area contributed by atoms with Gasteiger partial charge in [0.15, 0.2) is 0 Å². The first-order valence-corrected chi connectivity index (χ1v) is 9.85. The molecular weight excluding hydrogens is 382 g/mol. The molecule has 0 heterocycles. The van der Waals surface area contributed by atoms with Crippen LogP contribution in [0.15, 0.2) is 114 Å². The van der Waals surface area contributed by atoms with Crippen molar-refractivity contribution >= 4 is 17.9 Å². The number of carbonyl (C=O) groups is 1. The highest BCUT2D eigenvalue weighted by Gasteiger charge is 2.07. The van der Waals surface area contributed by atoms with Crippen molar-refractivity contribution in [1.29, 1.82) is 0 Å². The number of ether oxygens (including phenoxy) is 1. The summed E-state index contributed by atoms with van der Waals surface area (Å²) in [6, 6.07) is 33.8. The zero-order valence-electron chi connectivity index (χ0n) is 16.7. The van der Waals surface area contributed by atoms with Gasteiger partial charge in [-0.05, 0) is 66.2 Å². The fraction of sp³-hybridized carbons (Fsp3) is 0. The van der Waals surface area contributed by atoms with E-state index in [-0.39, 0.29) is 5.97 Å². The van der Waals surface area contributed by atoms with Crippen molar-refractivity contribution in [3.05, 3.63) is 131 Å². The Kier molecular flexibility index (Phi) is 6.33. The standard InChI is InChI=1S/C28H19NO2/c30-28(25-7-3-1-4-8-25)31-27-19-17-23(18-20-27)12-11-22-13-15-24(16-14-22)21-29-26-9-5-2-6-10-26/h1-10,13-21H. The predicted octanol–water partition coefficient (Wildman–Crippen LogP) is 6.06. The van der Waals surface area contributed by atoms with Crippen LogP contribution in [0.25, 0.3) is 0 Å². The van der Waals surface area contributed by atoms with E-state index in [1.165, 1.54) is 0 Å². The van der Waals surface area contributed by atoms with Gasteiger partial charge in [-0.15, -0.1) is 0 Å². The Morgan fingerprint density at radius 3 is 1.84 bits per heavy atom. The molecule has 0 aromatic heterocycles. The highest BCUT2D eigenvalue weighted by Crippen LogP contribution is 2.14. The molecule has 0 saturated heterocycles. The topological polar surface area (TPSA) is 38.7 Å². The minimum atomic E-state index is -0.379. The molecule has 3 heteroatoms. The predicted molar refractivity (Wildman–Crippen MR) is 124 cm³/mol. The number of nitrogens with zero attached hydrogens (tertiary/aromatic N) is 1. The van der Waals surface area contributed by atoms with Gasteiger partial charge in [-0.3, -0.25) is 4.99 Å². The van der Waals surface area contributed by atoms with E-state index < -0.39 is 0 Å². The molecule has 0 atom stereocenters. The molecule has 0 aliphatic carbocycles. The summed E-state index contributed by atoms with van der Waals surface area (Å²) < 4.78 is 5.39. The van der Waals surface area contributed by atoms with Crippen LogP contribution in [-0.4, -0.2) is 12.2 Å². The molecule has 148 valence electrons. The average Bonchev–Trinajstić information content (AvgIpc) is 2.84. The number of rotatable bonds is 4. The minimum Gasteiger partial charge on any atom is -0.423 e. The summed E-state index contributed by atoms with van der Waals surface area (Å²) in [5.41, 5.74) is 4.21. The first kappa shape index (κ1) is 19.9. The van der Waals surface area contributed by atoms with Gasteiger partial charge >= 0.3 is 5.97 Å². The van der Waals surface area contributed by atoms with Gasteiger partial charge in [-0.25, -0.2) is 4.79 Å². The quantitative estimate of drug-likeness (QED) is 0.181. The number of benzene rings is 4. The molecule has 4 rings (SSSR count). The van der Waals surface area contributed by atoms with Gasteiger partial charge in [0, 0.05) is 17.3 Å². The normalized spacial score (nSPS) is 10.3. The average molecular weight is 401 g/mol. The van der Waals surface area contributed by atoms with Crippen LogP contribution in [0.4, 0.5) is 5.69 Å². The van der Waals surface area contributed by atoms with Crippen molar-refractivity contribution in [1.82, 2.24) is 0 Å². The Bertz CT molecular complexity index is 1230. The van der Waals surface area contributed by atoms with Crippen LogP contribution in [0.2, 0.25) is 0 Å². The lowest BCUT2D eigenvalue weighted by atomic mass is 10.1. The molecular formula is C28H19NO2. The van der Waals surface area contributed by atoms with E-state index in [9.17, 15) is 4.79 Å². The van der Waals surface area contributed by atoms with Crippen LogP contribution in [0.3, 0.4) is 0 Å². The Hall–Kier alpha value is -4.42. The maximum atomic E-state index is 12.1. The van der Waals surface area contributed by atoms with Crippen LogP contribution in [-0.2, 0) is 0 Å². The van der Waals surface area contributed by atoms with Gasteiger partial charge in [0.2, 0.25) is 0 Å². The number of aliphatic imine (C=N–C) groups is 1. The lowest BCUT2D eigenvalue weighted by Gasteiger charge is -2.04. The second-order valence-electron chi connectivity index (χ2n) is 6.75. The van der Waals surface area contributed by atoms with Gasteiger partial charge in [0.25, 0.3) is 0 Å². The van der Waals surface area contributed by atoms with Crippen LogP contribution in [0.1, 0.15) is 27.0 Å². The fourth-order valence-electron chi connectivity index (χ4n) is 2.81. The third-order valence-electron chi connectivity index (χ3n) is 4.46. The molecule has 0 N–H and O–H groups in total. The van der Waals surface area contributed by atoms with E-state index in [0.717, 1.165) is 22.4 Å². The van der Waals surface area contributed by atoms with E-state index in [1.807, 2.05) is 79.0 Å². The van der Waals surface area contributed by atoms with Crippen LogP contribution in [0.5, 0.6) is 5.75 Å². The van der Waals surface area contributed by atoms with Crippen LogP contribution >= 0.6 is 0 Å². The summed E-state index contributed by atoms with van der Waals surface area (Å²) >= 11 is 0. The largest absolute Gasteiger partial charge is 0.423 e. The fourth-order valence-corrected chi connectivity index (χ4v) is 2.81. The summed E-state index contributed by atoms with van der Waals surface area (Å²) in [4.78, 5) is 16.6. The minimum absolute atomic E-state index is 0.379. The van der Waals surface area contributed by atoms with Crippen LogP contribution in [0, 0.1) is 11.8 Å². The van der Waals surface area contributed by atoms with Crippen molar-refractivity contribution < 1.29 is 9.53 Å². The summed E-state index contributed by atoms with van der Waals surface area (Å²) in [7, 11) is 0. The lowest BCUT2D eigenvalue weighted by molar-refractivity contribution is 0.0735. The number of hydrogen-bond donors (Lipinski definition) is 0. The van der Waals surface area contributed by atoms with Crippen LogP contribution < -0.4 is 4.74 Å². The Labute approximate surface area is 181 Å². The van der Waals surface area contributed by atoms with E-state index in [4.69, 9.17) is 4.74 Å². The molecule has 0 fully saturated rings. The van der Waals surface area contributed by atoms with E-state index in [1.54, 1.807) is 36.4 Å². The summed E-state index contributed by atoms with van der Waals surface area (Å²) in [6.07, 6.45) is 1.84. The summed E-state index contributed by atoms with van der Waals surface area (Å²) in [5.74, 6) is 6.38. The molecule has 0 unspecified atom stereocenters. The lowest BCUT2D eigenvalue weighted by Crippen LogP contribution is -2.07. The molecule has 0 aliphatic rings. The first-order chi connectivity index (χ1) is 15.3. The van der Waals surface area contributed by atoms with Crippen molar-refractivity contribution in [2.24, 2.45) is 4.99 Å². The van der Waals surface area contributed by atoms with Crippen molar-refractivity contribution in [2.75, 3.05) is 0 Å². The maximum Gasteiger partial charge on any atom is 0.343 e. The number of esters is 1. The van der Waals surface area contributed by atoms with Gasteiger partial charge in [0.05, 0.1) is 11.3 Å². The highest BCUT2D eigenvalue weighted by atomic mass is 16.5. The second-order valence-corrected chi connectivity index (χ2v) is 6.75. The SMILES string of the molecule is O=C(Oc1ccc(C#Cc2ccc(C=Nc3ccccc3)cc2)cc1)c1ccccc1. The van der Waals surface area contributed by atoms with Crippen molar-refractivity contribution in [2.45, 2.75) is 0 Å². The van der Waals surface area contributed by atoms with Crippen molar-refractivity contribution in [3.63, 3.8) is 0 Å². The third kappa shape index (κ3) is 5.79. The zero-order valence-corrected chi connectivity index (χ0v) is 16.7. The smallest absolute Gasteiger partial charge is 0.343 e. The molecule has 0 saturated carbocycles. The molecule has 0 spiro atoms. The number of carbonyl (C=O) groups excluding carboxylic acids is 1. The molecule has 0 amide bonds. The maximum absolute atomic E-state index is 12.1. The van der Waals surface area contributed by atoms with Crippen molar-refractivity contribution in [3.8, 4) is 17.6 Å². The Morgan fingerprint density at radius 1 is 0.677 bits per heavy atom. The van der Waals surface area contributed by atoms with Gasteiger partial charge in [-0.2, -0.15) is 0 Å². The molecule has 3 nitrogen and oxygen atoms in total. The first-order valence-electron chi connectivity index (χ1n) is 9.85.